The molecule has 2 heteroatoms. The lowest BCUT2D eigenvalue weighted by Crippen LogP contribution is -1.98. The van der Waals surface area contributed by atoms with Crippen LogP contribution >= 0.6 is 0 Å². The van der Waals surface area contributed by atoms with Gasteiger partial charge in [-0.1, -0.05) is 146 Å². The number of hydrogen-bond donors (Lipinski definition) is 0. The molecule has 10 aromatic rings. The summed E-state index contributed by atoms with van der Waals surface area (Å²) in [6, 6.07) is 69.1. The molecule has 1 aliphatic carbocycles. The summed E-state index contributed by atoms with van der Waals surface area (Å²) < 4.78 is 4.92. The molecule has 0 N–H and O–H groups in total. The highest BCUT2D eigenvalue weighted by atomic mass is 15.0. The second kappa shape index (κ2) is 13.3. The van der Waals surface area contributed by atoms with Gasteiger partial charge >= 0.3 is 0 Å². The molecule has 0 aliphatic heterocycles. The fourth-order valence-electron chi connectivity index (χ4n) is 8.88. The number of benzene rings is 8. The van der Waals surface area contributed by atoms with Crippen LogP contribution in [0.1, 0.15) is 12.8 Å². The molecule has 264 valence electrons. The molecule has 0 spiro atoms. The Morgan fingerprint density at radius 2 is 0.839 bits per heavy atom. The van der Waals surface area contributed by atoms with Crippen LogP contribution < -0.4 is 0 Å². The van der Waals surface area contributed by atoms with Crippen LogP contribution in [0.4, 0.5) is 0 Å². The van der Waals surface area contributed by atoms with E-state index >= 15 is 0 Å². The number of rotatable bonds is 6. The summed E-state index contributed by atoms with van der Waals surface area (Å²) in [7, 11) is 0. The van der Waals surface area contributed by atoms with Crippen LogP contribution in [0.15, 0.2) is 206 Å². The van der Waals surface area contributed by atoms with E-state index in [4.69, 9.17) is 0 Å². The first kappa shape index (κ1) is 32.3. The standard InChI is InChI=1S/C54H38N2/c1-4-15-37(16-5-1)43-32-44(38-17-6-2-7-18-38)34-46(33-43)56-51-25-12-10-23-47(51)49-29-27-42(36-54(49)56)40-20-14-19-39(31-40)41-28-30-53-50(35-41)48-24-11-13-26-52(48)55(53)45-21-8-3-9-22-45/h1-8,10-21,23-36H,9,22H2. The smallest absolute Gasteiger partial charge is 0.0547 e. The van der Waals surface area contributed by atoms with Gasteiger partial charge in [0, 0.05) is 32.9 Å². The third-order valence-corrected chi connectivity index (χ3v) is 11.5. The highest BCUT2D eigenvalue weighted by Crippen LogP contribution is 2.40. The van der Waals surface area contributed by atoms with Gasteiger partial charge in [-0.2, -0.15) is 0 Å². The zero-order valence-corrected chi connectivity index (χ0v) is 30.9. The Morgan fingerprint density at radius 1 is 0.321 bits per heavy atom. The van der Waals surface area contributed by atoms with Gasteiger partial charge in [0.25, 0.3) is 0 Å². The number of allylic oxidation sites excluding steroid dienone is 4. The Bertz CT molecular complexity index is 3120. The summed E-state index contributed by atoms with van der Waals surface area (Å²) in [5.41, 5.74) is 17.1. The molecule has 0 saturated heterocycles. The lowest BCUT2D eigenvalue weighted by molar-refractivity contribution is 0.979. The van der Waals surface area contributed by atoms with Gasteiger partial charge < -0.3 is 9.13 Å². The molecule has 56 heavy (non-hydrogen) atoms. The van der Waals surface area contributed by atoms with Crippen LogP contribution in [-0.4, -0.2) is 9.13 Å². The van der Waals surface area contributed by atoms with Gasteiger partial charge in [0.1, 0.15) is 0 Å². The van der Waals surface area contributed by atoms with E-state index in [1.54, 1.807) is 0 Å². The van der Waals surface area contributed by atoms with Crippen molar-refractivity contribution in [2.24, 2.45) is 0 Å². The average Bonchev–Trinajstić information content (AvgIpc) is 3.79. The van der Waals surface area contributed by atoms with Gasteiger partial charge in [-0.25, -0.2) is 0 Å². The largest absolute Gasteiger partial charge is 0.313 e. The molecular formula is C54H38N2. The van der Waals surface area contributed by atoms with Crippen molar-refractivity contribution in [3.8, 4) is 50.2 Å². The molecule has 11 rings (SSSR count). The van der Waals surface area contributed by atoms with Crippen molar-refractivity contribution < 1.29 is 0 Å². The fourth-order valence-corrected chi connectivity index (χ4v) is 8.88. The summed E-state index contributed by atoms with van der Waals surface area (Å²) in [6.07, 6.45) is 8.84. The Hall–Kier alpha value is -7.16. The van der Waals surface area contributed by atoms with Crippen LogP contribution in [0.5, 0.6) is 0 Å². The molecule has 2 nitrogen and oxygen atoms in total. The normalized spacial score (nSPS) is 12.9. The van der Waals surface area contributed by atoms with Crippen LogP contribution in [0.3, 0.4) is 0 Å². The van der Waals surface area contributed by atoms with E-state index < -0.39 is 0 Å². The molecule has 0 unspecified atom stereocenters. The van der Waals surface area contributed by atoms with E-state index in [0.717, 1.165) is 18.5 Å². The van der Waals surface area contributed by atoms with Gasteiger partial charge in [-0.05, 0) is 118 Å². The van der Waals surface area contributed by atoms with E-state index in [1.807, 2.05) is 0 Å². The number of para-hydroxylation sites is 2. The molecule has 0 atom stereocenters. The highest BCUT2D eigenvalue weighted by molar-refractivity contribution is 6.12. The number of aromatic nitrogens is 2. The van der Waals surface area contributed by atoms with Crippen molar-refractivity contribution in [1.29, 1.82) is 0 Å². The molecule has 0 amide bonds. The summed E-state index contributed by atoms with van der Waals surface area (Å²) in [5.74, 6) is 0. The van der Waals surface area contributed by atoms with Crippen molar-refractivity contribution >= 4 is 49.3 Å². The third kappa shape index (κ3) is 5.41. The number of fused-ring (bicyclic) bond motifs is 6. The Kier molecular flexibility index (Phi) is 7.67. The van der Waals surface area contributed by atoms with Gasteiger partial charge in [0.15, 0.2) is 0 Å². The summed E-state index contributed by atoms with van der Waals surface area (Å²) in [5, 5.41) is 5.08. The SMILES string of the molecule is C1=CCCC(n2c3ccccc3c3cc(-c4cccc(-c5ccc6c7ccccc7n(-c7cc(-c8ccccc8)cc(-c8ccccc8)c7)c6c5)c4)ccc32)=C1. The molecule has 8 aromatic carbocycles. The van der Waals surface area contributed by atoms with Crippen molar-refractivity contribution in [3.05, 3.63) is 206 Å². The van der Waals surface area contributed by atoms with Gasteiger partial charge in [0.2, 0.25) is 0 Å². The van der Waals surface area contributed by atoms with Crippen molar-refractivity contribution in [3.63, 3.8) is 0 Å². The van der Waals surface area contributed by atoms with E-state index in [0.29, 0.717) is 0 Å². The number of nitrogens with zero attached hydrogens (tertiary/aromatic N) is 2. The van der Waals surface area contributed by atoms with Crippen LogP contribution in [0, 0.1) is 0 Å². The molecule has 0 saturated carbocycles. The van der Waals surface area contributed by atoms with Crippen LogP contribution in [0.2, 0.25) is 0 Å². The van der Waals surface area contributed by atoms with Gasteiger partial charge in [-0.3, -0.25) is 0 Å². The maximum Gasteiger partial charge on any atom is 0.0547 e. The molecule has 2 heterocycles. The minimum Gasteiger partial charge on any atom is -0.313 e. The first-order chi connectivity index (χ1) is 27.8. The predicted molar refractivity (Wildman–Crippen MR) is 238 cm³/mol. The minimum absolute atomic E-state index is 1.05. The number of hydrogen-bond acceptors (Lipinski definition) is 0. The quantitative estimate of drug-likeness (QED) is 0.162. The Morgan fingerprint density at radius 3 is 1.52 bits per heavy atom. The summed E-state index contributed by atoms with van der Waals surface area (Å²) in [4.78, 5) is 0. The maximum atomic E-state index is 2.46. The highest BCUT2D eigenvalue weighted by Gasteiger charge is 2.18. The van der Waals surface area contributed by atoms with Crippen LogP contribution in [0.25, 0.3) is 99.5 Å². The van der Waals surface area contributed by atoms with E-state index in [-0.39, 0.29) is 0 Å². The second-order valence-corrected chi connectivity index (χ2v) is 14.9. The van der Waals surface area contributed by atoms with Crippen molar-refractivity contribution in [2.75, 3.05) is 0 Å². The molecular weight excluding hydrogens is 677 g/mol. The molecule has 0 bridgehead atoms. The molecule has 0 fully saturated rings. The fraction of sp³-hybridized carbons (Fsp3) is 0.0370. The second-order valence-electron chi connectivity index (χ2n) is 14.9. The first-order valence-electron chi connectivity index (χ1n) is 19.6. The van der Waals surface area contributed by atoms with Crippen molar-refractivity contribution in [1.82, 2.24) is 9.13 Å². The minimum atomic E-state index is 1.05. The van der Waals surface area contributed by atoms with E-state index in [2.05, 4.69) is 215 Å². The Labute approximate surface area is 326 Å². The summed E-state index contributed by atoms with van der Waals surface area (Å²) >= 11 is 0. The van der Waals surface area contributed by atoms with Crippen molar-refractivity contribution in [2.45, 2.75) is 12.8 Å². The van der Waals surface area contributed by atoms with Gasteiger partial charge in [-0.15, -0.1) is 0 Å². The molecule has 1 aliphatic rings. The Balaban J connectivity index is 1.06. The average molecular weight is 715 g/mol. The molecule has 2 aromatic heterocycles. The topological polar surface area (TPSA) is 9.86 Å². The zero-order chi connectivity index (χ0) is 37.0. The third-order valence-electron chi connectivity index (χ3n) is 11.5. The lowest BCUT2D eigenvalue weighted by Gasteiger charge is -2.15. The first-order valence-corrected chi connectivity index (χ1v) is 19.6. The van der Waals surface area contributed by atoms with E-state index in [9.17, 15) is 0 Å². The monoisotopic (exact) mass is 714 g/mol. The molecule has 0 radical (unpaired) electrons. The maximum absolute atomic E-state index is 2.46. The van der Waals surface area contributed by atoms with Gasteiger partial charge in [0.05, 0.1) is 22.1 Å². The summed E-state index contributed by atoms with van der Waals surface area (Å²) in [6.45, 7) is 0. The zero-order valence-electron chi connectivity index (χ0n) is 30.9. The lowest BCUT2D eigenvalue weighted by atomic mass is 9.97. The van der Waals surface area contributed by atoms with Crippen LogP contribution in [-0.2, 0) is 0 Å². The predicted octanol–water partition coefficient (Wildman–Crippen LogP) is 14.8. The van der Waals surface area contributed by atoms with E-state index in [1.165, 1.54) is 93.8 Å².